The molecule has 1 fully saturated rings. The summed E-state index contributed by atoms with van der Waals surface area (Å²) in [5.41, 5.74) is 4.64. The third kappa shape index (κ3) is 5.84. The molecule has 0 radical (unpaired) electrons. The van der Waals surface area contributed by atoms with E-state index in [1.807, 2.05) is 24.3 Å². The minimum atomic E-state index is -0.859. The molecule has 4 rings (SSSR count). The number of hydrogen-bond donors (Lipinski definition) is 2. The molecule has 1 heterocycles. The van der Waals surface area contributed by atoms with Crippen molar-refractivity contribution >= 4 is 18.0 Å². The molecule has 0 bridgehead atoms. The number of likely N-dealkylation sites (tertiary alicyclic amines) is 1. The molecule has 2 aromatic carbocycles. The van der Waals surface area contributed by atoms with Gasteiger partial charge in [0.05, 0.1) is 5.92 Å². The van der Waals surface area contributed by atoms with E-state index in [1.54, 1.807) is 4.90 Å². The van der Waals surface area contributed by atoms with Gasteiger partial charge in [0, 0.05) is 31.5 Å². The van der Waals surface area contributed by atoms with E-state index in [2.05, 4.69) is 36.5 Å². The van der Waals surface area contributed by atoms with Crippen molar-refractivity contribution in [3.63, 3.8) is 0 Å². The standard InChI is InChI=1S/C28H34N2O5/c1-2-3-10-20(16-26(31)30-15-8-9-19(17-30)27(32)33)29-28(34)35-18-25-23-13-6-4-11-21(23)22-12-5-7-14-24(22)25/h4-7,11-14,19-20,25H,2-3,8-10,15-18H2,1H3,(H,29,34)(H,32,33)/t19-,20?/m1/s1. The van der Waals surface area contributed by atoms with Crippen molar-refractivity contribution in [3.05, 3.63) is 59.7 Å². The number of hydrogen-bond acceptors (Lipinski definition) is 4. The lowest BCUT2D eigenvalue weighted by molar-refractivity contribution is -0.145. The van der Waals surface area contributed by atoms with Gasteiger partial charge < -0.3 is 20.1 Å². The second kappa shape index (κ2) is 11.4. The normalized spacial score (nSPS) is 17.9. The molecule has 2 aliphatic rings. The maximum absolute atomic E-state index is 12.9. The molecule has 35 heavy (non-hydrogen) atoms. The second-order valence-electron chi connectivity index (χ2n) is 9.53. The number of carbonyl (C=O) groups is 3. The fourth-order valence-electron chi connectivity index (χ4n) is 5.23. The molecule has 2 atom stereocenters. The average molecular weight is 479 g/mol. The molecule has 0 aromatic heterocycles. The Balaban J connectivity index is 1.36. The van der Waals surface area contributed by atoms with Crippen LogP contribution in [0.4, 0.5) is 4.79 Å². The first-order valence-corrected chi connectivity index (χ1v) is 12.6. The maximum atomic E-state index is 12.9. The summed E-state index contributed by atoms with van der Waals surface area (Å²) in [7, 11) is 0. The third-order valence-electron chi connectivity index (χ3n) is 7.12. The van der Waals surface area contributed by atoms with Gasteiger partial charge >= 0.3 is 12.1 Å². The summed E-state index contributed by atoms with van der Waals surface area (Å²) >= 11 is 0. The monoisotopic (exact) mass is 478 g/mol. The molecule has 0 saturated carbocycles. The molecular formula is C28H34N2O5. The fourth-order valence-corrected chi connectivity index (χ4v) is 5.23. The van der Waals surface area contributed by atoms with Crippen molar-refractivity contribution in [1.29, 1.82) is 0 Å². The van der Waals surface area contributed by atoms with Crippen molar-refractivity contribution in [2.75, 3.05) is 19.7 Å². The summed E-state index contributed by atoms with van der Waals surface area (Å²) in [5.74, 6) is -1.51. The van der Waals surface area contributed by atoms with Gasteiger partial charge in [0.15, 0.2) is 0 Å². The number of carboxylic acids is 1. The fraction of sp³-hybridized carbons (Fsp3) is 0.464. The zero-order valence-electron chi connectivity index (χ0n) is 20.2. The van der Waals surface area contributed by atoms with Gasteiger partial charge in [0.25, 0.3) is 0 Å². The zero-order valence-corrected chi connectivity index (χ0v) is 20.2. The first-order valence-electron chi connectivity index (χ1n) is 12.6. The van der Waals surface area contributed by atoms with Crippen molar-refractivity contribution in [2.45, 2.75) is 57.4 Å². The lowest BCUT2D eigenvalue weighted by Crippen LogP contribution is -2.45. The number of unbranched alkanes of at least 4 members (excludes halogenated alkanes) is 1. The molecule has 2 amide bonds. The van der Waals surface area contributed by atoms with Crippen LogP contribution in [0.15, 0.2) is 48.5 Å². The average Bonchev–Trinajstić information content (AvgIpc) is 3.19. The van der Waals surface area contributed by atoms with E-state index in [4.69, 9.17) is 4.74 Å². The number of carboxylic acid groups (broad SMARTS) is 1. The van der Waals surface area contributed by atoms with Gasteiger partial charge in [-0.1, -0.05) is 68.3 Å². The summed E-state index contributed by atoms with van der Waals surface area (Å²) in [4.78, 5) is 38.6. The first kappa shape index (κ1) is 24.8. The zero-order chi connectivity index (χ0) is 24.8. The van der Waals surface area contributed by atoms with E-state index in [0.717, 1.165) is 24.0 Å². The summed E-state index contributed by atoms with van der Waals surface area (Å²) in [6.45, 7) is 3.09. The number of aliphatic carboxylic acids is 1. The van der Waals surface area contributed by atoms with E-state index in [-0.39, 0.29) is 37.4 Å². The van der Waals surface area contributed by atoms with Crippen LogP contribution >= 0.6 is 0 Å². The van der Waals surface area contributed by atoms with E-state index < -0.39 is 18.0 Å². The van der Waals surface area contributed by atoms with Crippen molar-refractivity contribution in [2.24, 2.45) is 5.92 Å². The molecule has 1 aliphatic heterocycles. The molecule has 1 unspecified atom stereocenters. The van der Waals surface area contributed by atoms with E-state index in [9.17, 15) is 19.5 Å². The van der Waals surface area contributed by atoms with Gasteiger partial charge in [-0.05, 0) is 41.5 Å². The summed E-state index contributed by atoms with van der Waals surface area (Å²) in [6.07, 6.45) is 3.39. The van der Waals surface area contributed by atoms with Crippen LogP contribution in [-0.4, -0.2) is 53.7 Å². The quantitative estimate of drug-likeness (QED) is 0.540. The van der Waals surface area contributed by atoms with E-state index in [0.29, 0.717) is 25.8 Å². The number of nitrogens with zero attached hydrogens (tertiary/aromatic N) is 1. The predicted octanol–water partition coefficient (Wildman–Crippen LogP) is 4.80. The van der Waals surface area contributed by atoms with Gasteiger partial charge in [-0.25, -0.2) is 4.79 Å². The summed E-state index contributed by atoms with van der Waals surface area (Å²) < 4.78 is 5.67. The van der Waals surface area contributed by atoms with Gasteiger partial charge in [0.2, 0.25) is 5.91 Å². The number of fused-ring (bicyclic) bond motifs is 3. The minimum absolute atomic E-state index is 0.0230. The van der Waals surface area contributed by atoms with Crippen LogP contribution in [-0.2, 0) is 14.3 Å². The molecule has 2 N–H and O–H groups in total. The number of amides is 2. The Bertz CT molecular complexity index is 1020. The second-order valence-corrected chi connectivity index (χ2v) is 9.53. The molecule has 0 spiro atoms. The molecule has 2 aromatic rings. The van der Waals surface area contributed by atoms with Crippen LogP contribution in [0, 0.1) is 5.92 Å². The van der Waals surface area contributed by atoms with Crippen LogP contribution < -0.4 is 5.32 Å². The Kier molecular flexibility index (Phi) is 8.06. The van der Waals surface area contributed by atoms with Crippen LogP contribution in [0.1, 0.15) is 62.5 Å². The number of carbonyl (C=O) groups excluding carboxylic acids is 2. The molecule has 1 aliphatic carbocycles. The molecule has 7 heteroatoms. The summed E-state index contributed by atoms with van der Waals surface area (Å²) in [5, 5.41) is 12.2. The lowest BCUT2D eigenvalue weighted by atomic mass is 9.97. The number of piperidine rings is 1. The highest BCUT2D eigenvalue weighted by atomic mass is 16.5. The highest BCUT2D eigenvalue weighted by molar-refractivity contribution is 5.80. The number of rotatable bonds is 9. The van der Waals surface area contributed by atoms with E-state index >= 15 is 0 Å². The Hall–Kier alpha value is -3.35. The third-order valence-corrected chi connectivity index (χ3v) is 7.12. The van der Waals surface area contributed by atoms with Crippen molar-refractivity contribution in [1.82, 2.24) is 10.2 Å². The van der Waals surface area contributed by atoms with Gasteiger partial charge in [0.1, 0.15) is 6.61 Å². The van der Waals surface area contributed by atoms with Gasteiger partial charge in [-0.2, -0.15) is 0 Å². The first-order chi connectivity index (χ1) is 17.0. The molecule has 186 valence electrons. The van der Waals surface area contributed by atoms with Crippen molar-refractivity contribution in [3.8, 4) is 11.1 Å². The van der Waals surface area contributed by atoms with Crippen LogP contribution in [0.3, 0.4) is 0 Å². The lowest BCUT2D eigenvalue weighted by Gasteiger charge is -2.32. The topological polar surface area (TPSA) is 95.9 Å². The Morgan fingerprint density at radius 2 is 1.74 bits per heavy atom. The Morgan fingerprint density at radius 1 is 1.09 bits per heavy atom. The highest BCUT2D eigenvalue weighted by Gasteiger charge is 2.31. The highest BCUT2D eigenvalue weighted by Crippen LogP contribution is 2.44. The molecular weight excluding hydrogens is 444 g/mol. The largest absolute Gasteiger partial charge is 0.481 e. The van der Waals surface area contributed by atoms with Gasteiger partial charge in [-0.3, -0.25) is 9.59 Å². The van der Waals surface area contributed by atoms with Crippen LogP contribution in [0.25, 0.3) is 11.1 Å². The Labute approximate surface area is 206 Å². The minimum Gasteiger partial charge on any atom is -0.481 e. The molecule has 1 saturated heterocycles. The van der Waals surface area contributed by atoms with Gasteiger partial charge in [-0.15, -0.1) is 0 Å². The Morgan fingerprint density at radius 3 is 2.37 bits per heavy atom. The SMILES string of the molecule is CCCCC(CC(=O)N1CCC[C@@H](C(=O)O)C1)NC(=O)OCC1c2ccccc2-c2ccccc21. The van der Waals surface area contributed by atoms with Crippen LogP contribution in [0.2, 0.25) is 0 Å². The summed E-state index contributed by atoms with van der Waals surface area (Å²) in [6, 6.07) is 16.0. The van der Waals surface area contributed by atoms with Crippen LogP contribution in [0.5, 0.6) is 0 Å². The number of benzene rings is 2. The molecule has 7 nitrogen and oxygen atoms in total. The predicted molar refractivity (Wildman–Crippen MR) is 133 cm³/mol. The van der Waals surface area contributed by atoms with E-state index in [1.165, 1.54) is 11.1 Å². The maximum Gasteiger partial charge on any atom is 0.407 e. The van der Waals surface area contributed by atoms with Crippen molar-refractivity contribution < 1.29 is 24.2 Å². The smallest absolute Gasteiger partial charge is 0.407 e. The number of alkyl carbamates (subject to hydrolysis) is 1. The number of ether oxygens (including phenoxy) is 1. The number of nitrogens with one attached hydrogen (secondary N) is 1.